The molecule has 4 unspecified atom stereocenters. The minimum atomic E-state index is 0.0691. The van der Waals surface area contributed by atoms with Gasteiger partial charge in [0, 0.05) is 18.6 Å². The molecular formula is C15H28N2O. The van der Waals surface area contributed by atoms with Crippen molar-refractivity contribution in [1.82, 2.24) is 10.2 Å². The molecule has 1 saturated heterocycles. The van der Waals surface area contributed by atoms with Crippen LogP contribution in [0.4, 0.5) is 0 Å². The number of carbonyl (C=O) groups is 1. The highest BCUT2D eigenvalue weighted by molar-refractivity contribution is 5.84. The van der Waals surface area contributed by atoms with E-state index in [0.29, 0.717) is 18.0 Å². The molecule has 3 nitrogen and oxygen atoms in total. The van der Waals surface area contributed by atoms with Crippen molar-refractivity contribution in [2.24, 2.45) is 11.8 Å². The normalized spacial score (nSPS) is 37.6. The van der Waals surface area contributed by atoms with Crippen LogP contribution in [0.15, 0.2) is 0 Å². The van der Waals surface area contributed by atoms with Gasteiger partial charge in [0.05, 0.1) is 6.04 Å². The summed E-state index contributed by atoms with van der Waals surface area (Å²) in [6.45, 7) is 9.85. The first-order valence-electron chi connectivity index (χ1n) is 7.55. The zero-order chi connectivity index (χ0) is 13.3. The average Bonchev–Trinajstić information content (AvgIpc) is 2.64. The van der Waals surface area contributed by atoms with Crippen LogP contribution in [0.25, 0.3) is 0 Å². The van der Waals surface area contributed by atoms with Gasteiger partial charge in [0.25, 0.3) is 0 Å². The van der Waals surface area contributed by atoms with Gasteiger partial charge in [-0.1, -0.05) is 27.7 Å². The monoisotopic (exact) mass is 252 g/mol. The van der Waals surface area contributed by atoms with E-state index >= 15 is 0 Å². The molecule has 4 atom stereocenters. The van der Waals surface area contributed by atoms with Crippen molar-refractivity contribution in [2.45, 2.75) is 71.5 Å². The van der Waals surface area contributed by atoms with Crippen LogP contribution in [0.3, 0.4) is 0 Å². The molecule has 3 heteroatoms. The fourth-order valence-electron chi connectivity index (χ4n) is 3.42. The first kappa shape index (κ1) is 13.9. The molecule has 1 saturated carbocycles. The summed E-state index contributed by atoms with van der Waals surface area (Å²) in [5, 5.41) is 3.39. The molecular weight excluding hydrogens is 224 g/mol. The van der Waals surface area contributed by atoms with Crippen LogP contribution in [-0.4, -0.2) is 35.5 Å². The molecule has 2 fully saturated rings. The second-order valence-electron chi connectivity index (χ2n) is 6.62. The van der Waals surface area contributed by atoms with E-state index in [1.807, 2.05) is 0 Å². The topological polar surface area (TPSA) is 32.3 Å². The predicted octanol–water partition coefficient (Wildman–Crippen LogP) is 2.41. The summed E-state index contributed by atoms with van der Waals surface area (Å²) in [5.74, 6) is 1.92. The number of nitrogens with zero attached hydrogens (tertiary/aromatic N) is 1. The van der Waals surface area contributed by atoms with Gasteiger partial charge in [0.15, 0.2) is 0 Å². The lowest BCUT2D eigenvalue weighted by Gasteiger charge is -2.37. The summed E-state index contributed by atoms with van der Waals surface area (Å²) in [6.07, 6.45) is 4.66. The first-order chi connectivity index (χ1) is 8.49. The number of amides is 1. The van der Waals surface area contributed by atoms with Gasteiger partial charge in [-0.15, -0.1) is 0 Å². The van der Waals surface area contributed by atoms with Crippen LogP contribution in [0, 0.1) is 11.8 Å². The fraction of sp³-hybridized carbons (Fsp3) is 0.933. The summed E-state index contributed by atoms with van der Waals surface area (Å²) in [4.78, 5) is 14.5. The largest absolute Gasteiger partial charge is 0.338 e. The quantitative estimate of drug-likeness (QED) is 0.836. The molecule has 0 aromatic rings. The molecule has 104 valence electrons. The first-order valence-corrected chi connectivity index (χ1v) is 7.55. The molecule has 1 aliphatic carbocycles. The number of rotatable bonds is 3. The zero-order valence-electron chi connectivity index (χ0n) is 12.3. The van der Waals surface area contributed by atoms with Crippen LogP contribution in [0.5, 0.6) is 0 Å². The lowest BCUT2D eigenvalue weighted by Crippen LogP contribution is -2.46. The van der Waals surface area contributed by atoms with Gasteiger partial charge in [0.1, 0.15) is 0 Å². The summed E-state index contributed by atoms with van der Waals surface area (Å²) in [6, 6.07) is 0.964. The van der Waals surface area contributed by atoms with E-state index < -0.39 is 0 Å². The van der Waals surface area contributed by atoms with Gasteiger partial charge >= 0.3 is 0 Å². The second kappa shape index (κ2) is 5.60. The minimum Gasteiger partial charge on any atom is -0.338 e. The van der Waals surface area contributed by atoms with Crippen molar-refractivity contribution < 1.29 is 4.79 Å². The maximum atomic E-state index is 12.4. The Morgan fingerprint density at radius 3 is 2.50 bits per heavy atom. The Balaban J connectivity index is 1.93. The lowest BCUT2D eigenvalue weighted by molar-refractivity contribution is -0.132. The van der Waals surface area contributed by atoms with Gasteiger partial charge in [-0.25, -0.2) is 0 Å². The molecule has 0 spiro atoms. The van der Waals surface area contributed by atoms with Gasteiger partial charge < -0.3 is 10.2 Å². The van der Waals surface area contributed by atoms with E-state index in [9.17, 15) is 4.79 Å². The Morgan fingerprint density at radius 1 is 1.17 bits per heavy atom. The third-order valence-corrected chi connectivity index (χ3v) is 4.79. The minimum absolute atomic E-state index is 0.0691. The number of hydrogen-bond donors (Lipinski definition) is 1. The third kappa shape index (κ3) is 2.87. The molecule has 0 radical (unpaired) electrons. The maximum Gasteiger partial charge on any atom is 0.240 e. The van der Waals surface area contributed by atoms with Gasteiger partial charge in [-0.3, -0.25) is 4.79 Å². The fourth-order valence-corrected chi connectivity index (χ4v) is 3.42. The van der Waals surface area contributed by atoms with Crippen LogP contribution in [0.2, 0.25) is 0 Å². The van der Waals surface area contributed by atoms with Gasteiger partial charge in [0.2, 0.25) is 5.91 Å². The zero-order valence-corrected chi connectivity index (χ0v) is 12.3. The number of hydrogen-bond acceptors (Lipinski definition) is 2. The van der Waals surface area contributed by atoms with Crippen molar-refractivity contribution in [3.8, 4) is 0 Å². The Hall–Kier alpha value is -0.570. The molecule has 1 N–H and O–H groups in total. The van der Waals surface area contributed by atoms with Gasteiger partial charge in [-0.05, 0) is 37.5 Å². The van der Waals surface area contributed by atoms with Gasteiger partial charge in [-0.2, -0.15) is 0 Å². The van der Waals surface area contributed by atoms with Crippen molar-refractivity contribution >= 4 is 5.91 Å². The van der Waals surface area contributed by atoms with Crippen LogP contribution in [-0.2, 0) is 4.79 Å². The van der Waals surface area contributed by atoms with Crippen LogP contribution in [0.1, 0.15) is 53.4 Å². The molecule has 18 heavy (non-hydrogen) atoms. The molecule has 1 amide bonds. The second-order valence-corrected chi connectivity index (χ2v) is 6.62. The van der Waals surface area contributed by atoms with Crippen molar-refractivity contribution in [2.75, 3.05) is 6.54 Å². The van der Waals surface area contributed by atoms with E-state index in [1.54, 1.807) is 0 Å². The van der Waals surface area contributed by atoms with E-state index in [4.69, 9.17) is 0 Å². The highest BCUT2D eigenvalue weighted by atomic mass is 16.2. The third-order valence-electron chi connectivity index (χ3n) is 4.79. The molecule has 2 rings (SSSR count). The maximum absolute atomic E-state index is 12.4. The van der Waals surface area contributed by atoms with Crippen molar-refractivity contribution in [3.05, 3.63) is 0 Å². The molecule has 1 heterocycles. The summed E-state index contributed by atoms with van der Waals surface area (Å²) in [5.41, 5.74) is 0. The highest BCUT2D eigenvalue weighted by Crippen LogP contribution is 2.33. The van der Waals surface area contributed by atoms with E-state index in [2.05, 4.69) is 37.9 Å². The number of likely N-dealkylation sites (tertiary alicyclic amines) is 1. The Kier molecular flexibility index (Phi) is 4.31. The summed E-state index contributed by atoms with van der Waals surface area (Å²) in [7, 11) is 0. The van der Waals surface area contributed by atoms with Crippen LogP contribution < -0.4 is 5.32 Å². The van der Waals surface area contributed by atoms with Crippen molar-refractivity contribution in [1.29, 1.82) is 0 Å². The Bertz CT molecular complexity index is 303. The number of carbonyl (C=O) groups excluding carboxylic acids is 1. The highest BCUT2D eigenvalue weighted by Gasteiger charge is 2.38. The molecule has 0 aromatic carbocycles. The number of nitrogens with one attached hydrogen (secondary N) is 1. The standard InChI is InChI=1S/C15H28N2O/c1-10(2)16-14-7-8-17(15(14)18)13-6-5-11(3)12(4)9-13/h10-14,16H,5-9H2,1-4H3. The molecule has 0 aromatic heterocycles. The molecule has 2 aliphatic rings. The summed E-state index contributed by atoms with van der Waals surface area (Å²) < 4.78 is 0. The lowest BCUT2D eigenvalue weighted by atomic mass is 9.78. The Labute approximate surface area is 111 Å². The molecule has 0 bridgehead atoms. The summed E-state index contributed by atoms with van der Waals surface area (Å²) >= 11 is 0. The smallest absolute Gasteiger partial charge is 0.240 e. The average molecular weight is 252 g/mol. The van der Waals surface area contributed by atoms with E-state index in [-0.39, 0.29) is 6.04 Å². The Morgan fingerprint density at radius 2 is 1.89 bits per heavy atom. The SMILES string of the molecule is CC(C)NC1CCN(C2CCC(C)C(C)C2)C1=O. The van der Waals surface area contributed by atoms with E-state index in [1.165, 1.54) is 19.3 Å². The van der Waals surface area contributed by atoms with Crippen LogP contribution >= 0.6 is 0 Å². The predicted molar refractivity (Wildman–Crippen MR) is 74.4 cm³/mol. The van der Waals surface area contributed by atoms with E-state index in [0.717, 1.165) is 24.8 Å². The van der Waals surface area contributed by atoms with Crippen molar-refractivity contribution in [3.63, 3.8) is 0 Å². The molecule has 1 aliphatic heterocycles.